The lowest BCUT2D eigenvalue weighted by Gasteiger charge is -2.30. The molecule has 0 spiro atoms. The van der Waals surface area contributed by atoms with Gasteiger partial charge in [-0.05, 0) is 36.4 Å². The van der Waals surface area contributed by atoms with Crippen LogP contribution < -0.4 is 5.32 Å². The predicted molar refractivity (Wildman–Crippen MR) is 99.9 cm³/mol. The zero-order chi connectivity index (χ0) is 15.1. The largest absolute Gasteiger partial charge is 0.313 e. The summed E-state index contributed by atoms with van der Waals surface area (Å²) in [6.07, 6.45) is 2.38. The smallest absolute Gasteiger partial charge is 0.0295 e. The van der Waals surface area contributed by atoms with Crippen molar-refractivity contribution < 1.29 is 0 Å². The van der Waals surface area contributed by atoms with Gasteiger partial charge in [0.05, 0.1) is 0 Å². The normalized spacial score (nSPS) is 20.7. The van der Waals surface area contributed by atoms with E-state index < -0.39 is 0 Å². The summed E-state index contributed by atoms with van der Waals surface area (Å²) in [5.41, 5.74) is 2.92. The van der Waals surface area contributed by atoms with Crippen LogP contribution in [0.25, 0.3) is 0 Å². The zero-order valence-corrected chi connectivity index (χ0v) is 15.2. The second kappa shape index (κ2) is 9.12. The molecule has 0 saturated carbocycles. The van der Waals surface area contributed by atoms with Crippen LogP contribution in [0.2, 0.25) is 0 Å². The van der Waals surface area contributed by atoms with Crippen molar-refractivity contribution in [3.05, 3.63) is 35.4 Å². The van der Waals surface area contributed by atoms with Gasteiger partial charge in [-0.15, -0.1) is 0 Å². The monoisotopic (exact) mass is 323 g/mol. The van der Waals surface area contributed by atoms with Gasteiger partial charge in [0, 0.05) is 28.6 Å². The third kappa shape index (κ3) is 5.54. The highest BCUT2D eigenvalue weighted by Crippen LogP contribution is 2.28. The van der Waals surface area contributed by atoms with Gasteiger partial charge in [0.25, 0.3) is 0 Å². The fraction of sp³-hybridized carbons (Fsp3) is 0.667. The highest BCUT2D eigenvalue weighted by molar-refractivity contribution is 8.06. The summed E-state index contributed by atoms with van der Waals surface area (Å²) in [6.45, 7) is 7.91. The Morgan fingerprint density at radius 2 is 1.95 bits per heavy atom. The molecule has 2 rings (SSSR count). The Labute approximate surface area is 139 Å². The SMILES string of the molecule is CCCNC(Cc1ccc(C(C)C)cc1)C1CSCCS1. The van der Waals surface area contributed by atoms with E-state index >= 15 is 0 Å². The third-order valence-corrected chi connectivity index (χ3v) is 6.97. The van der Waals surface area contributed by atoms with Crippen molar-refractivity contribution in [3.63, 3.8) is 0 Å². The summed E-state index contributed by atoms with van der Waals surface area (Å²) in [5, 5.41) is 4.55. The van der Waals surface area contributed by atoms with Gasteiger partial charge in [-0.1, -0.05) is 45.0 Å². The molecule has 1 fully saturated rings. The summed E-state index contributed by atoms with van der Waals surface area (Å²) in [4.78, 5) is 0. The van der Waals surface area contributed by atoms with Gasteiger partial charge in [-0.3, -0.25) is 0 Å². The van der Waals surface area contributed by atoms with E-state index in [1.165, 1.54) is 34.8 Å². The Bertz CT molecular complexity index is 396. The summed E-state index contributed by atoms with van der Waals surface area (Å²) in [6, 6.07) is 9.89. The van der Waals surface area contributed by atoms with Crippen molar-refractivity contribution in [2.24, 2.45) is 0 Å². The van der Waals surface area contributed by atoms with Gasteiger partial charge in [-0.2, -0.15) is 23.5 Å². The lowest BCUT2D eigenvalue weighted by Crippen LogP contribution is -2.43. The maximum absolute atomic E-state index is 3.79. The molecular weight excluding hydrogens is 294 g/mol. The molecule has 1 aromatic carbocycles. The standard InChI is InChI=1S/C18H29NS2/c1-4-9-19-17(18-13-20-10-11-21-18)12-15-5-7-16(8-6-15)14(2)3/h5-8,14,17-19H,4,9-13H2,1-3H3. The Morgan fingerprint density at radius 1 is 1.19 bits per heavy atom. The van der Waals surface area contributed by atoms with Gasteiger partial charge in [-0.25, -0.2) is 0 Å². The lowest BCUT2D eigenvalue weighted by molar-refractivity contribution is 0.506. The molecule has 3 heteroatoms. The van der Waals surface area contributed by atoms with E-state index in [-0.39, 0.29) is 0 Å². The first-order valence-electron chi connectivity index (χ1n) is 8.22. The average molecular weight is 324 g/mol. The number of rotatable bonds is 7. The molecule has 1 aliphatic rings. The van der Waals surface area contributed by atoms with E-state index in [1.54, 1.807) is 0 Å². The first kappa shape index (κ1) is 17.2. The molecule has 0 aromatic heterocycles. The van der Waals surface area contributed by atoms with Crippen LogP contribution in [0.15, 0.2) is 24.3 Å². The molecule has 1 saturated heterocycles. The van der Waals surface area contributed by atoms with E-state index in [4.69, 9.17) is 0 Å². The van der Waals surface area contributed by atoms with E-state index in [0.29, 0.717) is 12.0 Å². The number of hydrogen-bond donors (Lipinski definition) is 1. The van der Waals surface area contributed by atoms with Crippen LogP contribution in [0.3, 0.4) is 0 Å². The molecule has 2 atom stereocenters. The summed E-state index contributed by atoms with van der Waals surface area (Å²) in [5.74, 6) is 4.56. The minimum Gasteiger partial charge on any atom is -0.313 e. The van der Waals surface area contributed by atoms with Crippen molar-refractivity contribution in [1.29, 1.82) is 0 Å². The Morgan fingerprint density at radius 3 is 2.52 bits per heavy atom. The van der Waals surface area contributed by atoms with Gasteiger partial charge in [0.1, 0.15) is 0 Å². The second-order valence-electron chi connectivity index (χ2n) is 6.15. The highest BCUT2D eigenvalue weighted by atomic mass is 32.2. The first-order chi connectivity index (χ1) is 10.2. The third-order valence-electron chi connectivity index (χ3n) is 4.05. The van der Waals surface area contributed by atoms with Gasteiger partial charge >= 0.3 is 0 Å². The quantitative estimate of drug-likeness (QED) is 0.789. The molecule has 21 heavy (non-hydrogen) atoms. The number of thioether (sulfide) groups is 2. The molecule has 0 aliphatic carbocycles. The lowest BCUT2D eigenvalue weighted by atomic mass is 9.98. The molecule has 1 heterocycles. The maximum atomic E-state index is 3.79. The van der Waals surface area contributed by atoms with Crippen LogP contribution in [0, 0.1) is 0 Å². The molecule has 1 nitrogen and oxygen atoms in total. The minimum absolute atomic E-state index is 0.618. The Kier molecular flexibility index (Phi) is 7.48. The Hall–Kier alpha value is -0.120. The Balaban J connectivity index is 1.99. The number of hydrogen-bond acceptors (Lipinski definition) is 3. The molecule has 1 aliphatic heterocycles. The molecule has 0 bridgehead atoms. The van der Waals surface area contributed by atoms with Crippen molar-refractivity contribution in [2.75, 3.05) is 23.8 Å². The van der Waals surface area contributed by atoms with Gasteiger partial charge in [0.2, 0.25) is 0 Å². The highest BCUT2D eigenvalue weighted by Gasteiger charge is 2.24. The first-order valence-corrected chi connectivity index (χ1v) is 10.4. The molecular formula is C18H29NS2. The van der Waals surface area contributed by atoms with Crippen LogP contribution in [-0.4, -0.2) is 35.1 Å². The molecule has 1 aromatic rings. The van der Waals surface area contributed by atoms with E-state index in [0.717, 1.165) is 18.2 Å². The minimum atomic E-state index is 0.618. The predicted octanol–water partition coefficient (Wildman–Crippen LogP) is 4.57. The van der Waals surface area contributed by atoms with Crippen molar-refractivity contribution >= 4 is 23.5 Å². The van der Waals surface area contributed by atoms with E-state index in [2.05, 4.69) is 73.9 Å². The van der Waals surface area contributed by atoms with E-state index in [1.807, 2.05) is 0 Å². The van der Waals surface area contributed by atoms with Crippen LogP contribution in [0.5, 0.6) is 0 Å². The van der Waals surface area contributed by atoms with Crippen LogP contribution in [0.1, 0.15) is 44.2 Å². The zero-order valence-electron chi connectivity index (χ0n) is 13.6. The molecule has 2 unspecified atom stereocenters. The van der Waals surface area contributed by atoms with Gasteiger partial charge in [0.15, 0.2) is 0 Å². The molecule has 0 radical (unpaired) electrons. The van der Waals surface area contributed by atoms with Crippen LogP contribution in [0.4, 0.5) is 0 Å². The van der Waals surface area contributed by atoms with E-state index in [9.17, 15) is 0 Å². The van der Waals surface area contributed by atoms with Crippen LogP contribution in [-0.2, 0) is 6.42 Å². The molecule has 118 valence electrons. The second-order valence-corrected chi connectivity index (χ2v) is 8.64. The fourth-order valence-electron chi connectivity index (χ4n) is 2.70. The number of benzene rings is 1. The van der Waals surface area contributed by atoms with Crippen molar-refractivity contribution in [3.8, 4) is 0 Å². The van der Waals surface area contributed by atoms with Crippen molar-refractivity contribution in [1.82, 2.24) is 5.32 Å². The summed E-state index contributed by atoms with van der Waals surface area (Å²) < 4.78 is 0. The van der Waals surface area contributed by atoms with Crippen LogP contribution >= 0.6 is 23.5 Å². The fourth-order valence-corrected chi connectivity index (χ4v) is 5.58. The number of nitrogens with one attached hydrogen (secondary N) is 1. The summed E-state index contributed by atoms with van der Waals surface area (Å²) in [7, 11) is 0. The van der Waals surface area contributed by atoms with Crippen molar-refractivity contribution in [2.45, 2.75) is 50.8 Å². The van der Waals surface area contributed by atoms with Gasteiger partial charge < -0.3 is 5.32 Å². The molecule has 0 amide bonds. The molecule has 1 N–H and O–H groups in total. The average Bonchev–Trinajstić information content (AvgIpc) is 2.52. The summed E-state index contributed by atoms with van der Waals surface area (Å²) >= 11 is 4.29. The topological polar surface area (TPSA) is 12.0 Å². The maximum Gasteiger partial charge on any atom is 0.0295 e.